The minimum Gasteiger partial charge on any atom is -0.508 e. The van der Waals surface area contributed by atoms with Gasteiger partial charge in [-0.1, -0.05) is 49.1 Å². The number of hydrogen-bond acceptors (Lipinski definition) is 1. The molecule has 0 unspecified atom stereocenters. The van der Waals surface area contributed by atoms with E-state index < -0.39 is 0 Å². The van der Waals surface area contributed by atoms with Gasteiger partial charge in [-0.05, 0) is 52.8 Å². The van der Waals surface area contributed by atoms with Crippen LogP contribution in [0.15, 0.2) is 54.6 Å². The van der Waals surface area contributed by atoms with Crippen molar-refractivity contribution < 1.29 is 5.11 Å². The highest BCUT2D eigenvalue weighted by Gasteiger charge is 2.18. The number of aryl methyl sites for hydroxylation is 1. The molecule has 1 heteroatoms. The summed E-state index contributed by atoms with van der Waals surface area (Å²) < 4.78 is 0. The highest BCUT2D eigenvalue weighted by molar-refractivity contribution is 5.89. The Morgan fingerprint density at radius 3 is 2.68 bits per heavy atom. The van der Waals surface area contributed by atoms with E-state index in [-0.39, 0.29) is 0 Å². The molecule has 0 radical (unpaired) electrons. The zero-order chi connectivity index (χ0) is 13.4. The van der Waals surface area contributed by atoms with Crippen LogP contribution in [0.25, 0.3) is 11.6 Å². The van der Waals surface area contributed by atoms with Crippen LogP contribution in [0.5, 0.6) is 5.75 Å². The van der Waals surface area contributed by atoms with E-state index in [1.54, 1.807) is 6.07 Å². The summed E-state index contributed by atoms with van der Waals surface area (Å²) in [6.45, 7) is 6.08. The average Bonchev–Trinajstić information content (AvgIpc) is 2.72. The number of benzene rings is 2. The predicted molar refractivity (Wildman–Crippen MR) is 80.0 cm³/mol. The quantitative estimate of drug-likeness (QED) is 0.795. The molecule has 0 spiro atoms. The lowest BCUT2D eigenvalue weighted by Crippen LogP contribution is -1.82. The van der Waals surface area contributed by atoms with E-state index in [1.807, 2.05) is 25.1 Å². The van der Waals surface area contributed by atoms with Crippen molar-refractivity contribution in [3.8, 4) is 5.75 Å². The Bertz CT molecular complexity index is 693. The van der Waals surface area contributed by atoms with E-state index >= 15 is 0 Å². The first-order chi connectivity index (χ1) is 9.15. The molecule has 2 aromatic carbocycles. The Morgan fingerprint density at radius 2 is 1.95 bits per heavy atom. The van der Waals surface area contributed by atoms with Gasteiger partial charge in [-0.25, -0.2) is 0 Å². The lowest BCUT2D eigenvalue weighted by atomic mass is 10.0. The third-order valence-electron chi connectivity index (χ3n) is 3.69. The molecule has 1 N–H and O–H groups in total. The number of allylic oxidation sites excluding steroid dienone is 2. The Hall–Kier alpha value is -2.28. The lowest BCUT2D eigenvalue weighted by molar-refractivity contribution is 0.471. The molecule has 1 nitrogen and oxygen atoms in total. The highest BCUT2D eigenvalue weighted by Crippen LogP contribution is 2.36. The molecule has 0 aromatic heterocycles. The van der Waals surface area contributed by atoms with Gasteiger partial charge in [0, 0.05) is 0 Å². The van der Waals surface area contributed by atoms with Gasteiger partial charge in [-0.2, -0.15) is 0 Å². The van der Waals surface area contributed by atoms with Crippen molar-refractivity contribution in [2.75, 3.05) is 0 Å². The second-order valence-corrected chi connectivity index (χ2v) is 5.03. The molecule has 94 valence electrons. The second-order valence-electron chi connectivity index (χ2n) is 5.03. The zero-order valence-electron chi connectivity index (χ0n) is 11.0. The number of fused-ring (bicyclic) bond motifs is 1. The minimum absolute atomic E-state index is 0.343. The van der Waals surface area contributed by atoms with Gasteiger partial charge in [0.2, 0.25) is 0 Å². The SMILES string of the molecule is C=C1C(=Cc2ccc(C)c(O)c2)Cc2ccccc21. The standard InChI is InChI=1S/C18H16O/c1-12-7-8-14(10-18(12)19)9-16-11-15-5-3-4-6-17(15)13(16)2/h3-10,19H,2,11H2,1H3. The topological polar surface area (TPSA) is 20.2 Å². The smallest absolute Gasteiger partial charge is 0.119 e. The van der Waals surface area contributed by atoms with E-state index in [1.165, 1.54) is 16.7 Å². The summed E-state index contributed by atoms with van der Waals surface area (Å²) in [5.74, 6) is 0.343. The minimum atomic E-state index is 0.343. The van der Waals surface area contributed by atoms with Crippen molar-refractivity contribution in [3.63, 3.8) is 0 Å². The summed E-state index contributed by atoms with van der Waals surface area (Å²) in [5, 5.41) is 9.76. The van der Waals surface area contributed by atoms with Crippen LogP contribution in [0.3, 0.4) is 0 Å². The lowest BCUT2D eigenvalue weighted by Gasteiger charge is -2.03. The number of phenols is 1. The van der Waals surface area contributed by atoms with Crippen molar-refractivity contribution in [2.24, 2.45) is 0 Å². The monoisotopic (exact) mass is 248 g/mol. The maximum absolute atomic E-state index is 9.76. The molecule has 0 aliphatic heterocycles. The van der Waals surface area contributed by atoms with Crippen LogP contribution in [0, 0.1) is 6.92 Å². The molecule has 0 amide bonds. The van der Waals surface area contributed by atoms with Crippen LogP contribution >= 0.6 is 0 Å². The fourth-order valence-corrected chi connectivity index (χ4v) is 2.51. The first-order valence-corrected chi connectivity index (χ1v) is 6.43. The fourth-order valence-electron chi connectivity index (χ4n) is 2.51. The molecule has 0 saturated heterocycles. The van der Waals surface area contributed by atoms with Gasteiger partial charge in [-0.3, -0.25) is 0 Å². The molecule has 0 heterocycles. The molecule has 0 fully saturated rings. The van der Waals surface area contributed by atoms with Gasteiger partial charge in [0.25, 0.3) is 0 Å². The van der Waals surface area contributed by atoms with E-state index in [9.17, 15) is 5.11 Å². The third kappa shape index (κ3) is 2.08. The number of rotatable bonds is 1. The highest BCUT2D eigenvalue weighted by atomic mass is 16.3. The fraction of sp³-hybridized carbons (Fsp3) is 0.111. The van der Waals surface area contributed by atoms with Gasteiger partial charge in [0.05, 0.1) is 0 Å². The van der Waals surface area contributed by atoms with Gasteiger partial charge >= 0.3 is 0 Å². The largest absolute Gasteiger partial charge is 0.508 e. The van der Waals surface area contributed by atoms with Crippen molar-refractivity contribution >= 4 is 11.6 Å². The van der Waals surface area contributed by atoms with Crippen LogP contribution in [0.4, 0.5) is 0 Å². The average molecular weight is 248 g/mol. The van der Waals surface area contributed by atoms with Crippen LogP contribution in [-0.4, -0.2) is 5.11 Å². The maximum Gasteiger partial charge on any atom is 0.119 e. The third-order valence-corrected chi connectivity index (χ3v) is 3.69. The Labute approximate surface area is 113 Å². The number of hydrogen-bond donors (Lipinski definition) is 1. The van der Waals surface area contributed by atoms with Crippen LogP contribution in [0.2, 0.25) is 0 Å². The van der Waals surface area contributed by atoms with Gasteiger partial charge in [0.15, 0.2) is 0 Å². The van der Waals surface area contributed by atoms with Crippen LogP contribution < -0.4 is 0 Å². The second kappa shape index (κ2) is 4.43. The molecule has 2 aromatic rings. The number of phenolic OH excluding ortho intramolecular Hbond substituents is 1. The van der Waals surface area contributed by atoms with Crippen molar-refractivity contribution in [3.05, 3.63) is 76.9 Å². The summed E-state index contributed by atoms with van der Waals surface area (Å²) in [4.78, 5) is 0. The summed E-state index contributed by atoms with van der Waals surface area (Å²) in [7, 11) is 0. The summed E-state index contributed by atoms with van der Waals surface area (Å²) in [6.07, 6.45) is 3.03. The summed E-state index contributed by atoms with van der Waals surface area (Å²) >= 11 is 0. The molecule has 0 atom stereocenters. The van der Waals surface area contributed by atoms with Crippen molar-refractivity contribution in [2.45, 2.75) is 13.3 Å². The van der Waals surface area contributed by atoms with Gasteiger partial charge < -0.3 is 5.11 Å². The van der Waals surface area contributed by atoms with E-state index in [0.29, 0.717) is 5.75 Å². The van der Waals surface area contributed by atoms with E-state index in [2.05, 4.69) is 30.9 Å². The van der Waals surface area contributed by atoms with E-state index in [0.717, 1.165) is 23.1 Å². The molecule has 0 bridgehead atoms. The van der Waals surface area contributed by atoms with E-state index in [4.69, 9.17) is 0 Å². The Balaban J connectivity index is 1.98. The first-order valence-electron chi connectivity index (χ1n) is 6.43. The molecule has 1 aliphatic carbocycles. The Morgan fingerprint density at radius 1 is 1.16 bits per heavy atom. The molecule has 3 rings (SSSR count). The molecular formula is C18H16O. The van der Waals surface area contributed by atoms with Crippen molar-refractivity contribution in [1.82, 2.24) is 0 Å². The number of aromatic hydroxyl groups is 1. The normalized spacial score (nSPS) is 15.8. The first kappa shape index (κ1) is 11.8. The van der Waals surface area contributed by atoms with Gasteiger partial charge in [-0.15, -0.1) is 0 Å². The Kier molecular flexibility index (Phi) is 2.75. The summed E-state index contributed by atoms with van der Waals surface area (Å²) in [6, 6.07) is 14.1. The molecule has 19 heavy (non-hydrogen) atoms. The van der Waals surface area contributed by atoms with Crippen LogP contribution in [0.1, 0.15) is 22.3 Å². The van der Waals surface area contributed by atoms with Gasteiger partial charge in [0.1, 0.15) is 5.75 Å². The van der Waals surface area contributed by atoms with Crippen LogP contribution in [-0.2, 0) is 6.42 Å². The van der Waals surface area contributed by atoms with Crippen molar-refractivity contribution in [1.29, 1.82) is 0 Å². The molecular weight excluding hydrogens is 232 g/mol. The predicted octanol–water partition coefficient (Wildman–Crippen LogP) is 4.35. The molecule has 1 aliphatic rings. The molecule has 0 saturated carbocycles. The zero-order valence-corrected chi connectivity index (χ0v) is 11.0. The maximum atomic E-state index is 9.76. The summed E-state index contributed by atoms with van der Waals surface area (Å²) in [5.41, 5.74) is 6.81.